The minimum absolute atomic E-state index is 0.348. The van der Waals surface area contributed by atoms with E-state index in [2.05, 4.69) is 27.7 Å². The maximum Gasteiger partial charge on any atom is 0.303 e. The van der Waals surface area contributed by atoms with Crippen LogP contribution in [0, 0.1) is 52.3 Å². The van der Waals surface area contributed by atoms with E-state index in [-0.39, 0.29) is 0 Å². The Morgan fingerprint density at radius 3 is 2.52 bits per heavy atom. The summed E-state index contributed by atoms with van der Waals surface area (Å²) >= 11 is 0. The van der Waals surface area contributed by atoms with Crippen LogP contribution in [-0.2, 0) is 4.79 Å². The van der Waals surface area contributed by atoms with Crippen LogP contribution in [0.25, 0.3) is 0 Å². The fourth-order valence-electron chi connectivity index (χ4n) is 9.20. The minimum atomic E-state index is -0.623. The van der Waals surface area contributed by atoms with Gasteiger partial charge in [0.05, 0.1) is 0 Å². The van der Waals surface area contributed by atoms with Gasteiger partial charge in [0, 0.05) is 6.42 Å². The smallest absolute Gasteiger partial charge is 0.303 e. The van der Waals surface area contributed by atoms with Crippen molar-refractivity contribution in [2.45, 2.75) is 98.3 Å². The molecule has 0 aliphatic heterocycles. The van der Waals surface area contributed by atoms with E-state index in [0.29, 0.717) is 23.2 Å². The second-order valence-electron chi connectivity index (χ2n) is 11.6. The third kappa shape index (κ3) is 3.08. The number of carbonyl (C=O) groups is 1. The average molecular weight is 375 g/mol. The molecule has 0 unspecified atom stereocenters. The number of fused-ring (bicyclic) bond motifs is 5. The van der Waals surface area contributed by atoms with E-state index in [4.69, 9.17) is 5.11 Å². The summed E-state index contributed by atoms with van der Waals surface area (Å²) in [7, 11) is 0. The van der Waals surface area contributed by atoms with Crippen LogP contribution in [0.15, 0.2) is 0 Å². The van der Waals surface area contributed by atoms with E-state index >= 15 is 0 Å². The van der Waals surface area contributed by atoms with Gasteiger partial charge in [-0.25, -0.2) is 0 Å². The van der Waals surface area contributed by atoms with Crippen molar-refractivity contribution in [3.8, 4) is 0 Å². The molecule has 4 rings (SSSR count). The molecule has 0 radical (unpaired) electrons. The highest BCUT2D eigenvalue weighted by molar-refractivity contribution is 5.66. The standard InChI is InChI=1S/C25H42O2/c1-16(8-11-22(26)27)19-9-10-20-23-17(2)15-18-7-5-6-13-24(18,3)21(23)12-14-25(19,20)4/h16-21,23H,5-15H2,1-4H3,(H,26,27)/t16-,17+,18+,19-,20+,21+,23+,24+,25-/m1/s1. The molecule has 27 heavy (non-hydrogen) atoms. The molecule has 9 atom stereocenters. The summed E-state index contributed by atoms with van der Waals surface area (Å²) in [4.78, 5) is 11.1. The quantitative estimate of drug-likeness (QED) is 0.588. The lowest BCUT2D eigenvalue weighted by Crippen LogP contribution is -2.55. The molecule has 0 bridgehead atoms. The zero-order chi connectivity index (χ0) is 19.4. The second-order valence-corrected chi connectivity index (χ2v) is 11.6. The summed E-state index contributed by atoms with van der Waals surface area (Å²) in [6, 6.07) is 0. The molecule has 0 aromatic heterocycles. The highest BCUT2D eigenvalue weighted by Crippen LogP contribution is 2.69. The number of hydrogen-bond acceptors (Lipinski definition) is 1. The molecule has 0 spiro atoms. The maximum atomic E-state index is 11.1. The summed E-state index contributed by atoms with van der Waals surface area (Å²) in [5.74, 6) is 5.34. The van der Waals surface area contributed by atoms with Crippen molar-refractivity contribution in [1.82, 2.24) is 0 Å². The van der Waals surface area contributed by atoms with Crippen LogP contribution in [-0.4, -0.2) is 11.1 Å². The molecule has 4 saturated carbocycles. The molecule has 0 saturated heterocycles. The first-order valence-electron chi connectivity index (χ1n) is 12.0. The SMILES string of the molecule is C[C@H](CCC(=O)O)[C@H]1CC[C@H]2[C@@H]3[C@@H](C)C[C@@H]4CCCC[C@]4(C)[C@H]3CC[C@]12C. The van der Waals surface area contributed by atoms with Gasteiger partial charge in [-0.15, -0.1) is 0 Å². The molecular weight excluding hydrogens is 332 g/mol. The molecular formula is C25H42O2. The van der Waals surface area contributed by atoms with Crippen molar-refractivity contribution in [3.05, 3.63) is 0 Å². The zero-order valence-corrected chi connectivity index (χ0v) is 18.2. The highest BCUT2D eigenvalue weighted by atomic mass is 16.4. The Labute approximate surface area is 166 Å². The van der Waals surface area contributed by atoms with Crippen LogP contribution in [0.1, 0.15) is 98.3 Å². The lowest BCUT2D eigenvalue weighted by atomic mass is 9.42. The summed E-state index contributed by atoms with van der Waals surface area (Å²) < 4.78 is 0. The van der Waals surface area contributed by atoms with Crippen LogP contribution < -0.4 is 0 Å². The fraction of sp³-hybridized carbons (Fsp3) is 0.960. The van der Waals surface area contributed by atoms with Gasteiger partial charge in [0.15, 0.2) is 0 Å². The van der Waals surface area contributed by atoms with Crippen molar-refractivity contribution < 1.29 is 9.90 Å². The van der Waals surface area contributed by atoms with E-state index in [1.807, 2.05) is 0 Å². The van der Waals surface area contributed by atoms with Crippen molar-refractivity contribution in [3.63, 3.8) is 0 Å². The number of carboxylic acids is 1. The zero-order valence-electron chi connectivity index (χ0n) is 18.2. The maximum absolute atomic E-state index is 11.1. The Hall–Kier alpha value is -0.530. The Balaban J connectivity index is 1.56. The molecule has 2 nitrogen and oxygen atoms in total. The largest absolute Gasteiger partial charge is 0.481 e. The fourth-order valence-corrected chi connectivity index (χ4v) is 9.20. The lowest BCUT2D eigenvalue weighted by Gasteiger charge is -2.62. The first kappa shape index (κ1) is 19.8. The Morgan fingerprint density at radius 2 is 1.78 bits per heavy atom. The van der Waals surface area contributed by atoms with Crippen LogP contribution in [0.5, 0.6) is 0 Å². The third-order valence-corrected chi connectivity index (χ3v) is 10.5. The highest BCUT2D eigenvalue weighted by Gasteiger charge is 2.61. The molecule has 0 aromatic carbocycles. The molecule has 154 valence electrons. The van der Waals surface area contributed by atoms with Gasteiger partial charge in [0.2, 0.25) is 0 Å². The van der Waals surface area contributed by atoms with Gasteiger partial charge >= 0.3 is 5.97 Å². The van der Waals surface area contributed by atoms with Crippen molar-refractivity contribution >= 4 is 5.97 Å². The molecule has 4 aliphatic carbocycles. The molecule has 2 heteroatoms. The first-order chi connectivity index (χ1) is 12.8. The topological polar surface area (TPSA) is 37.3 Å². The van der Waals surface area contributed by atoms with Gasteiger partial charge in [-0.2, -0.15) is 0 Å². The van der Waals surface area contributed by atoms with Crippen LogP contribution in [0.3, 0.4) is 0 Å². The Kier molecular flexibility index (Phi) is 5.17. The van der Waals surface area contributed by atoms with E-state index in [0.717, 1.165) is 41.9 Å². The van der Waals surface area contributed by atoms with Crippen molar-refractivity contribution in [1.29, 1.82) is 0 Å². The number of rotatable bonds is 4. The Morgan fingerprint density at radius 1 is 1.04 bits per heavy atom. The third-order valence-electron chi connectivity index (χ3n) is 10.5. The van der Waals surface area contributed by atoms with Gasteiger partial charge in [-0.1, -0.05) is 40.5 Å². The van der Waals surface area contributed by atoms with Crippen molar-refractivity contribution in [2.75, 3.05) is 0 Å². The number of hydrogen-bond donors (Lipinski definition) is 1. The summed E-state index contributed by atoms with van der Waals surface area (Å²) in [6.45, 7) is 10.2. The number of aliphatic carboxylic acids is 1. The van der Waals surface area contributed by atoms with Crippen LogP contribution in [0.2, 0.25) is 0 Å². The summed E-state index contributed by atoms with van der Waals surface area (Å²) in [5, 5.41) is 9.13. The van der Waals surface area contributed by atoms with Gasteiger partial charge in [-0.05, 0) is 104 Å². The van der Waals surface area contributed by atoms with Crippen LogP contribution >= 0.6 is 0 Å². The van der Waals surface area contributed by atoms with Gasteiger partial charge < -0.3 is 5.11 Å². The Bertz CT molecular complexity index is 571. The first-order valence-corrected chi connectivity index (χ1v) is 12.0. The van der Waals surface area contributed by atoms with Crippen LogP contribution in [0.4, 0.5) is 0 Å². The normalized spacial score (nSPS) is 50.4. The predicted molar refractivity (Wildman–Crippen MR) is 110 cm³/mol. The summed E-state index contributed by atoms with van der Waals surface area (Å²) in [5.41, 5.74) is 1.08. The molecule has 1 N–H and O–H groups in total. The van der Waals surface area contributed by atoms with Gasteiger partial charge in [0.1, 0.15) is 0 Å². The van der Waals surface area contributed by atoms with Gasteiger partial charge in [0.25, 0.3) is 0 Å². The molecule has 0 aromatic rings. The average Bonchev–Trinajstić information content (AvgIpc) is 2.97. The van der Waals surface area contributed by atoms with E-state index < -0.39 is 5.97 Å². The molecule has 4 aliphatic rings. The lowest BCUT2D eigenvalue weighted by molar-refractivity contribution is -0.140. The minimum Gasteiger partial charge on any atom is -0.481 e. The summed E-state index contributed by atoms with van der Waals surface area (Å²) in [6.07, 6.45) is 14.2. The van der Waals surface area contributed by atoms with E-state index in [9.17, 15) is 4.79 Å². The molecule has 4 fully saturated rings. The van der Waals surface area contributed by atoms with Gasteiger partial charge in [-0.3, -0.25) is 4.79 Å². The van der Waals surface area contributed by atoms with E-state index in [1.165, 1.54) is 57.8 Å². The van der Waals surface area contributed by atoms with E-state index in [1.54, 1.807) is 0 Å². The molecule has 0 amide bonds. The monoisotopic (exact) mass is 374 g/mol. The second kappa shape index (κ2) is 7.06. The molecule has 0 heterocycles. The predicted octanol–water partition coefficient (Wildman–Crippen LogP) is 6.78. The van der Waals surface area contributed by atoms with Crippen molar-refractivity contribution in [2.24, 2.45) is 52.3 Å². The number of carboxylic acid groups (broad SMARTS) is 1.